The summed E-state index contributed by atoms with van der Waals surface area (Å²) in [5.41, 5.74) is 35.3. The highest BCUT2D eigenvalue weighted by Crippen LogP contribution is 2.65. The van der Waals surface area contributed by atoms with Gasteiger partial charge in [0.2, 0.25) is 0 Å². The lowest BCUT2D eigenvalue weighted by atomic mass is 9.60. The molecule has 14 aromatic carbocycles. The lowest BCUT2D eigenvalue weighted by molar-refractivity contribution is 0.722. The number of para-hydroxylation sites is 1. The molecule has 0 amide bonds. The average molecular weight is 1140 g/mol. The normalized spacial score (nSPS) is 15.6. The molecule has 8 bridgehead atoms. The Morgan fingerprint density at radius 1 is 0.211 bits per heavy atom. The minimum atomic E-state index is -0.784. The van der Waals surface area contributed by atoms with Crippen molar-refractivity contribution in [2.45, 2.75) is 28.1 Å². The summed E-state index contributed by atoms with van der Waals surface area (Å²) in [4.78, 5) is 4.18. The molecule has 9 aliphatic rings. The molecular formula is C89H55N. The van der Waals surface area contributed by atoms with Gasteiger partial charge in [0.1, 0.15) is 0 Å². The summed E-state index contributed by atoms with van der Waals surface area (Å²) in [6.07, 6.45) is 0.834. The topological polar surface area (TPSA) is 15.8 Å². The zero-order valence-corrected chi connectivity index (χ0v) is 49.2. The molecule has 1 N–H and O–H groups in total. The molecule has 0 saturated heterocycles. The van der Waals surface area contributed by atoms with E-state index in [1.54, 1.807) is 0 Å². The van der Waals surface area contributed by atoms with E-state index < -0.39 is 21.7 Å². The Balaban J connectivity index is 0.993. The Labute approximate surface area is 522 Å². The molecule has 0 atom stereocenters. The van der Waals surface area contributed by atoms with E-state index in [0.29, 0.717) is 0 Å². The molecule has 24 rings (SSSR count). The van der Waals surface area contributed by atoms with E-state index in [4.69, 9.17) is 0 Å². The van der Waals surface area contributed by atoms with Crippen molar-refractivity contribution in [2.75, 3.05) is 0 Å². The number of hydrogen-bond acceptors (Lipinski definition) is 0. The van der Waals surface area contributed by atoms with Crippen molar-refractivity contribution in [3.63, 3.8) is 0 Å². The number of H-pyrrole nitrogens is 1. The third-order valence-corrected chi connectivity index (χ3v) is 22.5. The van der Waals surface area contributed by atoms with Gasteiger partial charge in [-0.2, -0.15) is 0 Å². The Kier molecular flexibility index (Phi) is 9.43. The van der Waals surface area contributed by atoms with Crippen molar-refractivity contribution >= 4 is 21.8 Å². The molecule has 0 aliphatic heterocycles. The molecule has 0 saturated carbocycles. The second-order valence-corrected chi connectivity index (χ2v) is 26.0. The van der Waals surface area contributed by atoms with Crippen LogP contribution in [0.2, 0.25) is 0 Å². The maximum Gasteiger partial charge on any atom is 0.0734 e. The summed E-state index contributed by atoms with van der Waals surface area (Å²) in [7, 11) is 0. The Morgan fingerprint density at radius 3 is 0.944 bits per heavy atom. The van der Waals surface area contributed by atoms with Gasteiger partial charge in [0.15, 0.2) is 0 Å². The molecule has 9 aliphatic carbocycles. The molecule has 416 valence electrons. The lowest BCUT2D eigenvalue weighted by Crippen LogP contribution is -2.34. The molecule has 1 heterocycles. The van der Waals surface area contributed by atoms with Crippen LogP contribution in [0.25, 0.3) is 77.4 Å². The van der Waals surface area contributed by atoms with Gasteiger partial charge in [-0.3, -0.25) is 0 Å². The maximum absolute atomic E-state index is 4.18. The number of hydrogen-bond donors (Lipinski definition) is 1. The van der Waals surface area contributed by atoms with Gasteiger partial charge in [0.05, 0.1) is 27.2 Å². The molecular weight excluding hydrogens is 1080 g/mol. The van der Waals surface area contributed by atoms with Gasteiger partial charge in [-0.05, 0) is 180 Å². The fraction of sp³-hybridized carbons (Fsp3) is 0.0562. The predicted molar refractivity (Wildman–Crippen MR) is 367 cm³/mol. The SMILES string of the molecule is c1ccc2c(c1)Cc1c-2cc2cc1C1(c3ccc(cc3)C3(c4cc(c5[nH]c6ccccc6c5c4)C4(c5ccc(cc5)C25c2ccccc2-c2ccccc25)c2ccccc2-c2ccccc24)c2ccccc2-c2ccccc23)c2ccccc2-c2ccccc21. The van der Waals surface area contributed by atoms with Gasteiger partial charge in [-0.1, -0.05) is 297 Å². The van der Waals surface area contributed by atoms with Crippen LogP contribution in [0.15, 0.2) is 315 Å². The van der Waals surface area contributed by atoms with Gasteiger partial charge in [0, 0.05) is 16.3 Å². The van der Waals surface area contributed by atoms with Crippen molar-refractivity contribution in [3.05, 3.63) is 416 Å². The van der Waals surface area contributed by atoms with Crippen molar-refractivity contribution < 1.29 is 0 Å². The van der Waals surface area contributed by atoms with Gasteiger partial charge >= 0.3 is 0 Å². The summed E-state index contributed by atoms with van der Waals surface area (Å²) in [5.74, 6) is 0. The van der Waals surface area contributed by atoms with Crippen molar-refractivity contribution in [1.29, 1.82) is 0 Å². The second-order valence-electron chi connectivity index (χ2n) is 26.0. The first-order valence-corrected chi connectivity index (χ1v) is 31.9. The average Bonchev–Trinajstić information content (AvgIpc) is 1.45. The third-order valence-electron chi connectivity index (χ3n) is 22.5. The monoisotopic (exact) mass is 1140 g/mol. The highest BCUT2D eigenvalue weighted by Gasteiger charge is 2.55. The molecule has 0 fully saturated rings. The molecule has 0 unspecified atom stereocenters. The van der Waals surface area contributed by atoms with Gasteiger partial charge < -0.3 is 4.98 Å². The van der Waals surface area contributed by atoms with Crippen LogP contribution in [0.4, 0.5) is 0 Å². The Hall–Kier alpha value is -11.1. The number of benzene rings is 14. The Morgan fingerprint density at radius 2 is 0.522 bits per heavy atom. The highest BCUT2D eigenvalue weighted by molar-refractivity contribution is 6.10. The third kappa shape index (κ3) is 5.69. The van der Waals surface area contributed by atoms with Crippen LogP contribution < -0.4 is 0 Å². The molecule has 0 radical (unpaired) electrons. The van der Waals surface area contributed by atoms with E-state index in [2.05, 4.69) is 320 Å². The van der Waals surface area contributed by atoms with Crippen LogP contribution in [-0.4, -0.2) is 4.98 Å². The number of nitrogens with one attached hydrogen (secondary N) is 1. The van der Waals surface area contributed by atoms with Crippen molar-refractivity contribution in [3.8, 4) is 55.6 Å². The van der Waals surface area contributed by atoms with Crippen LogP contribution in [0.3, 0.4) is 0 Å². The zero-order chi connectivity index (χ0) is 58.7. The fourth-order valence-corrected chi connectivity index (χ4v) is 19.2. The van der Waals surface area contributed by atoms with Crippen molar-refractivity contribution in [2.24, 2.45) is 0 Å². The zero-order valence-electron chi connectivity index (χ0n) is 49.2. The number of aromatic nitrogens is 1. The lowest BCUT2D eigenvalue weighted by Gasteiger charge is -2.41. The van der Waals surface area contributed by atoms with E-state index in [9.17, 15) is 0 Å². The second kappa shape index (κ2) is 17.4. The van der Waals surface area contributed by atoms with Crippen LogP contribution in [-0.2, 0) is 28.1 Å². The summed E-state index contributed by atoms with van der Waals surface area (Å²) in [6.45, 7) is 0. The van der Waals surface area contributed by atoms with Crippen LogP contribution >= 0.6 is 0 Å². The summed E-state index contributed by atoms with van der Waals surface area (Å²) >= 11 is 0. The van der Waals surface area contributed by atoms with Crippen LogP contribution in [0, 0.1) is 0 Å². The first kappa shape index (κ1) is 48.9. The van der Waals surface area contributed by atoms with Crippen molar-refractivity contribution in [1.82, 2.24) is 4.98 Å². The summed E-state index contributed by atoms with van der Waals surface area (Å²) in [6, 6.07) is 124. The molecule has 1 heteroatoms. The Bertz CT molecular complexity index is 5470. The molecule has 1 nitrogen and oxygen atoms in total. The quantitative estimate of drug-likeness (QED) is 0.156. The summed E-state index contributed by atoms with van der Waals surface area (Å²) < 4.78 is 0. The maximum atomic E-state index is 4.18. The smallest absolute Gasteiger partial charge is 0.0734 e. The first-order valence-electron chi connectivity index (χ1n) is 31.9. The molecule has 1 aromatic heterocycles. The number of fused-ring (bicyclic) bond motifs is 18. The highest BCUT2D eigenvalue weighted by atomic mass is 14.7. The fourth-order valence-electron chi connectivity index (χ4n) is 19.2. The first-order chi connectivity index (χ1) is 44.6. The molecule has 15 aromatic rings. The summed E-state index contributed by atoms with van der Waals surface area (Å²) in [5, 5.41) is 2.43. The predicted octanol–water partition coefficient (Wildman–Crippen LogP) is 20.7. The largest absolute Gasteiger partial charge is 0.354 e. The standard InChI is InChI=1S/C89H55N/c1-2-22-61-54(21-1)49-72-71(61)50-59-52-82(72)88(78-36-16-7-27-66(78)67-28-8-17-37-79(67)88)57-45-41-56(42-46-57)87(76-34-14-5-25-64(76)65-26-6-15-35-77(65)87)60-51-73-70-31-11-20-40-84(70)90-85(73)83(53-60)89(80-38-18-9-29-68(80)69-30-10-19-39-81(69)89)58-47-43-55(44-48-58)86(59)74-32-12-3-23-62(74)63-24-4-13-33-75(63)86/h1-48,50-53,90H,49H2. The van der Waals surface area contributed by atoms with E-state index >= 15 is 0 Å². The number of aromatic amines is 1. The van der Waals surface area contributed by atoms with E-state index in [-0.39, 0.29) is 0 Å². The van der Waals surface area contributed by atoms with Gasteiger partial charge in [-0.25, -0.2) is 0 Å². The van der Waals surface area contributed by atoms with Crippen LogP contribution in [0.1, 0.15) is 100 Å². The minimum absolute atomic E-state index is 0.730. The molecule has 90 heavy (non-hydrogen) atoms. The van der Waals surface area contributed by atoms with Crippen LogP contribution in [0.5, 0.6) is 0 Å². The van der Waals surface area contributed by atoms with Gasteiger partial charge in [-0.15, -0.1) is 0 Å². The van der Waals surface area contributed by atoms with E-state index in [1.165, 1.54) is 167 Å². The van der Waals surface area contributed by atoms with E-state index in [1.807, 2.05) is 0 Å². The van der Waals surface area contributed by atoms with E-state index in [0.717, 1.165) is 17.5 Å². The number of rotatable bonds is 0. The minimum Gasteiger partial charge on any atom is -0.354 e. The molecule has 4 spiro atoms. The van der Waals surface area contributed by atoms with Gasteiger partial charge in [0.25, 0.3) is 0 Å².